The van der Waals surface area contributed by atoms with Crippen LogP contribution in [0.3, 0.4) is 0 Å². The van der Waals surface area contributed by atoms with E-state index < -0.39 is 0 Å². The average molecular weight is 296 g/mol. The zero-order valence-corrected chi connectivity index (χ0v) is 13.2. The van der Waals surface area contributed by atoms with E-state index in [4.69, 9.17) is 16.3 Å². The Hall–Kier alpha value is -0.570. The largest absolute Gasteiger partial charge is 0.372 e. The number of rotatable bonds is 8. The molecule has 0 aliphatic heterocycles. The van der Waals surface area contributed by atoms with Crippen LogP contribution in [-0.4, -0.2) is 19.7 Å². The monoisotopic (exact) mass is 295 g/mol. The number of ether oxygens (including phenoxy) is 1. The van der Waals surface area contributed by atoms with Crippen LogP contribution in [-0.2, 0) is 4.74 Å². The SMILES string of the molecule is CCCNCC(OCC1CCCC1)c1ccccc1Cl. The Bertz CT molecular complexity index is 390. The van der Waals surface area contributed by atoms with Crippen molar-refractivity contribution in [3.05, 3.63) is 34.9 Å². The fourth-order valence-corrected chi connectivity index (χ4v) is 3.09. The molecular weight excluding hydrogens is 270 g/mol. The molecule has 0 radical (unpaired) electrons. The first-order valence-electron chi connectivity index (χ1n) is 7.88. The van der Waals surface area contributed by atoms with Gasteiger partial charge in [0.25, 0.3) is 0 Å². The molecule has 0 saturated heterocycles. The highest BCUT2D eigenvalue weighted by Crippen LogP contribution is 2.29. The summed E-state index contributed by atoms with van der Waals surface area (Å²) in [4.78, 5) is 0. The van der Waals surface area contributed by atoms with Gasteiger partial charge in [0.15, 0.2) is 0 Å². The van der Waals surface area contributed by atoms with E-state index in [2.05, 4.69) is 18.3 Å². The second kappa shape index (κ2) is 8.66. The highest BCUT2D eigenvalue weighted by molar-refractivity contribution is 6.31. The fourth-order valence-electron chi connectivity index (χ4n) is 2.83. The summed E-state index contributed by atoms with van der Waals surface area (Å²) >= 11 is 6.32. The van der Waals surface area contributed by atoms with Crippen molar-refractivity contribution in [1.82, 2.24) is 5.32 Å². The van der Waals surface area contributed by atoms with Crippen LogP contribution in [0.1, 0.15) is 50.7 Å². The van der Waals surface area contributed by atoms with Crippen LogP contribution in [0, 0.1) is 5.92 Å². The van der Waals surface area contributed by atoms with Crippen LogP contribution in [0.4, 0.5) is 0 Å². The lowest BCUT2D eigenvalue weighted by Crippen LogP contribution is -2.25. The number of nitrogens with one attached hydrogen (secondary N) is 1. The third kappa shape index (κ3) is 4.76. The molecule has 112 valence electrons. The fraction of sp³-hybridized carbons (Fsp3) is 0.647. The van der Waals surface area contributed by atoms with E-state index in [0.717, 1.165) is 42.6 Å². The van der Waals surface area contributed by atoms with Gasteiger partial charge in [-0.1, -0.05) is 49.6 Å². The molecule has 1 fully saturated rings. The maximum atomic E-state index is 6.32. The molecule has 1 saturated carbocycles. The minimum atomic E-state index is 0.0656. The molecule has 20 heavy (non-hydrogen) atoms. The third-order valence-electron chi connectivity index (χ3n) is 4.02. The van der Waals surface area contributed by atoms with Crippen molar-refractivity contribution in [2.24, 2.45) is 5.92 Å². The average Bonchev–Trinajstić information content (AvgIpc) is 2.97. The molecule has 0 spiro atoms. The Kier molecular flexibility index (Phi) is 6.85. The van der Waals surface area contributed by atoms with E-state index in [1.807, 2.05) is 18.2 Å². The summed E-state index contributed by atoms with van der Waals surface area (Å²) in [5.41, 5.74) is 1.11. The molecule has 2 nitrogen and oxygen atoms in total. The summed E-state index contributed by atoms with van der Waals surface area (Å²) in [7, 11) is 0. The Morgan fingerprint density at radius 2 is 2.05 bits per heavy atom. The van der Waals surface area contributed by atoms with Gasteiger partial charge < -0.3 is 10.1 Å². The summed E-state index contributed by atoms with van der Waals surface area (Å²) in [6.07, 6.45) is 6.56. The molecule has 1 aliphatic rings. The van der Waals surface area contributed by atoms with Gasteiger partial charge in [-0.05, 0) is 37.8 Å². The quantitative estimate of drug-likeness (QED) is 0.708. The first-order valence-corrected chi connectivity index (χ1v) is 8.25. The maximum Gasteiger partial charge on any atom is 0.0963 e. The molecule has 1 aliphatic carbocycles. The van der Waals surface area contributed by atoms with Crippen LogP contribution < -0.4 is 5.32 Å². The topological polar surface area (TPSA) is 21.3 Å². The van der Waals surface area contributed by atoms with Crippen molar-refractivity contribution in [3.8, 4) is 0 Å². The maximum absolute atomic E-state index is 6.32. The van der Waals surface area contributed by atoms with Crippen molar-refractivity contribution in [2.75, 3.05) is 19.7 Å². The summed E-state index contributed by atoms with van der Waals surface area (Å²) in [6.45, 7) is 4.90. The number of halogens is 1. The van der Waals surface area contributed by atoms with Crippen LogP contribution in [0.25, 0.3) is 0 Å². The van der Waals surface area contributed by atoms with E-state index in [1.54, 1.807) is 0 Å². The summed E-state index contributed by atoms with van der Waals surface area (Å²) in [5, 5.41) is 4.26. The molecule has 3 heteroatoms. The lowest BCUT2D eigenvalue weighted by atomic mass is 10.1. The van der Waals surface area contributed by atoms with Crippen molar-refractivity contribution in [3.63, 3.8) is 0 Å². The normalized spacial score (nSPS) is 17.5. The van der Waals surface area contributed by atoms with E-state index in [9.17, 15) is 0 Å². The highest BCUT2D eigenvalue weighted by atomic mass is 35.5. The van der Waals surface area contributed by atoms with Gasteiger partial charge in [0, 0.05) is 17.1 Å². The third-order valence-corrected chi connectivity index (χ3v) is 4.36. The van der Waals surface area contributed by atoms with Crippen molar-refractivity contribution < 1.29 is 4.74 Å². The zero-order valence-electron chi connectivity index (χ0n) is 12.4. The summed E-state index contributed by atoms with van der Waals surface area (Å²) in [6, 6.07) is 8.03. The standard InChI is InChI=1S/C17H26ClNO/c1-2-11-19-12-17(15-9-5-6-10-16(15)18)20-13-14-7-3-4-8-14/h5-6,9-10,14,17,19H,2-4,7-8,11-13H2,1H3. The van der Waals surface area contributed by atoms with Gasteiger partial charge >= 0.3 is 0 Å². The second-order valence-electron chi connectivity index (χ2n) is 5.70. The second-order valence-corrected chi connectivity index (χ2v) is 6.11. The van der Waals surface area contributed by atoms with Crippen LogP contribution in [0.15, 0.2) is 24.3 Å². The van der Waals surface area contributed by atoms with E-state index in [0.29, 0.717) is 0 Å². The summed E-state index contributed by atoms with van der Waals surface area (Å²) in [5.74, 6) is 0.742. The number of hydrogen-bond donors (Lipinski definition) is 1. The Morgan fingerprint density at radius 3 is 2.75 bits per heavy atom. The van der Waals surface area contributed by atoms with Crippen molar-refractivity contribution in [2.45, 2.75) is 45.1 Å². The zero-order chi connectivity index (χ0) is 14.2. The Morgan fingerprint density at radius 1 is 1.30 bits per heavy atom. The van der Waals surface area contributed by atoms with Gasteiger partial charge in [-0.2, -0.15) is 0 Å². The van der Waals surface area contributed by atoms with Crippen LogP contribution in [0.5, 0.6) is 0 Å². The Balaban J connectivity index is 1.94. The lowest BCUT2D eigenvalue weighted by Gasteiger charge is -2.22. The first kappa shape index (κ1) is 15.8. The minimum absolute atomic E-state index is 0.0656. The van der Waals surface area contributed by atoms with Crippen molar-refractivity contribution in [1.29, 1.82) is 0 Å². The molecule has 1 atom stereocenters. The van der Waals surface area contributed by atoms with Gasteiger partial charge in [-0.25, -0.2) is 0 Å². The highest BCUT2D eigenvalue weighted by Gasteiger charge is 2.20. The van der Waals surface area contributed by atoms with E-state index >= 15 is 0 Å². The predicted molar refractivity (Wildman–Crippen MR) is 85.3 cm³/mol. The molecule has 1 N–H and O–H groups in total. The molecule has 1 aromatic carbocycles. The van der Waals surface area contributed by atoms with Gasteiger partial charge in [-0.3, -0.25) is 0 Å². The lowest BCUT2D eigenvalue weighted by molar-refractivity contribution is 0.0296. The van der Waals surface area contributed by atoms with E-state index in [1.165, 1.54) is 25.7 Å². The molecule has 0 bridgehead atoms. The molecule has 1 aromatic rings. The minimum Gasteiger partial charge on any atom is -0.372 e. The van der Waals surface area contributed by atoms with Gasteiger partial charge in [0.1, 0.15) is 0 Å². The van der Waals surface area contributed by atoms with E-state index in [-0.39, 0.29) is 6.10 Å². The summed E-state index contributed by atoms with van der Waals surface area (Å²) < 4.78 is 6.19. The van der Waals surface area contributed by atoms with Crippen LogP contribution >= 0.6 is 11.6 Å². The van der Waals surface area contributed by atoms with Crippen molar-refractivity contribution >= 4 is 11.6 Å². The Labute approximate surface area is 127 Å². The first-order chi connectivity index (χ1) is 9.81. The van der Waals surface area contributed by atoms with Gasteiger partial charge in [0.2, 0.25) is 0 Å². The molecule has 0 aromatic heterocycles. The molecule has 1 unspecified atom stereocenters. The number of hydrogen-bond acceptors (Lipinski definition) is 2. The molecule has 2 rings (SSSR count). The molecular formula is C17H26ClNO. The predicted octanol–water partition coefficient (Wildman–Crippen LogP) is 4.59. The van der Waals surface area contributed by atoms with Crippen LogP contribution in [0.2, 0.25) is 5.02 Å². The smallest absolute Gasteiger partial charge is 0.0963 e. The molecule has 0 amide bonds. The number of benzene rings is 1. The van der Waals surface area contributed by atoms with Gasteiger partial charge in [0.05, 0.1) is 12.7 Å². The van der Waals surface area contributed by atoms with Gasteiger partial charge in [-0.15, -0.1) is 0 Å². The molecule has 0 heterocycles.